The van der Waals surface area contributed by atoms with Gasteiger partial charge in [-0.25, -0.2) is 19.9 Å². The molecule has 0 aliphatic carbocycles. The first-order chi connectivity index (χ1) is 37.2. The molecule has 0 spiro atoms. The normalized spacial score (nSPS) is 12.4. The summed E-state index contributed by atoms with van der Waals surface area (Å²) in [5.74, 6) is 2.03. The Labute approximate surface area is 449 Å². The quantitative estimate of drug-likeness (QED) is 0.136. The molecule has 77 heavy (non-hydrogen) atoms. The molecule has 378 valence electrons. The van der Waals surface area contributed by atoms with Crippen molar-refractivity contribution in [3.05, 3.63) is 222 Å². The van der Waals surface area contributed by atoms with Gasteiger partial charge in [0.05, 0.1) is 28.1 Å². The van der Waals surface area contributed by atoms with Gasteiger partial charge in [0, 0.05) is 62.1 Å². The molecule has 0 amide bonds. The van der Waals surface area contributed by atoms with E-state index < -0.39 is 0 Å². The summed E-state index contributed by atoms with van der Waals surface area (Å²) in [5, 5.41) is 4.41. The van der Waals surface area contributed by atoms with Crippen LogP contribution >= 0.6 is 0 Å². The Hall–Kier alpha value is -8.75. The highest BCUT2D eigenvalue weighted by Gasteiger charge is 2.24. The Morgan fingerprint density at radius 1 is 0.403 bits per heavy atom. The van der Waals surface area contributed by atoms with Crippen molar-refractivity contribution in [3.63, 3.8) is 0 Å². The summed E-state index contributed by atoms with van der Waals surface area (Å²) in [6.07, 6.45) is 9.75. The number of aromatic nitrogens is 7. The highest BCUT2D eigenvalue weighted by atomic mass is 16.3. The lowest BCUT2D eigenvalue weighted by Crippen LogP contribution is -2.18. The largest absolute Gasteiger partial charge is 0.456 e. The molecule has 7 aromatic carbocycles. The lowest BCUT2D eigenvalue weighted by atomic mass is 9.90. The molecule has 6 heterocycles. The number of imidazole rings is 2. The first-order valence-corrected chi connectivity index (χ1v) is 27.0. The van der Waals surface area contributed by atoms with E-state index >= 15 is 0 Å². The maximum absolute atomic E-state index is 6.25. The third-order valence-corrected chi connectivity index (χ3v) is 15.1. The van der Waals surface area contributed by atoms with Crippen LogP contribution in [0.3, 0.4) is 0 Å². The minimum Gasteiger partial charge on any atom is -0.456 e. The first kappa shape index (κ1) is 47.9. The summed E-state index contributed by atoms with van der Waals surface area (Å²) in [5.41, 5.74) is 21.3. The standard InChI is InChI=1S/C69H61N7O/c1-42-40-75-64(71-42)57-28-24-44(35-60(57)73-66(75)68(3,4)5)20-22-46-32-47(23-21-45-25-29-58-61(36-45)74-67(69(6,7)8)76-41-43(2)72-65(58)76)34-52(33-46)54-17-10-9-16-53(54)51-27-31-59(70-39-51)50-15-13-14-48(37-50)49-26-30-56-55-18-11-12-19-62(55)77-63(56)38-49/h9-19,24-41H,20-23H2,1-8H3. The molecule has 6 aromatic heterocycles. The van der Waals surface area contributed by atoms with Crippen LogP contribution in [0.5, 0.6) is 0 Å². The number of benzene rings is 7. The molecule has 8 heteroatoms. The van der Waals surface area contributed by atoms with E-state index in [-0.39, 0.29) is 10.8 Å². The zero-order chi connectivity index (χ0) is 52.7. The van der Waals surface area contributed by atoms with Gasteiger partial charge in [-0.05, 0) is 144 Å². The fourth-order valence-corrected chi connectivity index (χ4v) is 11.4. The minimum absolute atomic E-state index is 0.148. The molecule has 0 N–H and O–H groups in total. The number of rotatable bonds is 10. The number of hydrogen-bond acceptors (Lipinski definition) is 6. The lowest BCUT2D eigenvalue weighted by molar-refractivity contribution is 0.539. The van der Waals surface area contributed by atoms with Crippen LogP contribution in [0, 0.1) is 13.8 Å². The third kappa shape index (κ3) is 9.01. The van der Waals surface area contributed by atoms with Crippen LogP contribution < -0.4 is 0 Å². The van der Waals surface area contributed by atoms with Crippen LogP contribution in [-0.2, 0) is 36.5 Å². The molecule has 0 saturated carbocycles. The van der Waals surface area contributed by atoms with Gasteiger partial charge in [-0.15, -0.1) is 0 Å². The minimum atomic E-state index is -0.148. The van der Waals surface area contributed by atoms with Crippen molar-refractivity contribution in [3.8, 4) is 44.6 Å². The van der Waals surface area contributed by atoms with Crippen molar-refractivity contribution >= 4 is 55.0 Å². The van der Waals surface area contributed by atoms with Gasteiger partial charge in [0.2, 0.25) is 0 Å². The van der Waals surface area contributed by atoms with Gasteiger partial charge in [0.25, 0.3) is 0 Å². The Morgan fingerprint density at radius 2 is 0.922 bits per heavy atom. The first-order valence-electron chi connectivity index (χ1n) is 27.0. The number of fused-ring (bicyclic) bond motifs is 9. The second-order valence-electron chi connectivity index (χ2n) is 23.1. The third-order valence-electron chi connectivity index (χ3n) is 15.1. The molecular formula is C69H61N7O. The van der Waals surface area contributed by atoms with Gasteiger partial charge in [-0.1, -0.05) is 145 Å². The number of hydrogen-bond donors (Lipinski definition) is 0. The van der Waals surface area contributed by atoms with E-state index in [0.717, 1.165) is 137 Å². The number of pyridine rings is 1. The lowest BCUT2D eigenvalue weighted by Gasteiger charge is -2.20. The molecule has 0 fully saturated rings. The Balaban J connectivity index is 0.830. The predicted octanol–water partition coefficient (Wildman–Crippen LogP) is 16.8. The summed E-state index contributed by atoms with van der Waals surface area (Å²) in [6, 6.07) is 57.2. The van der Waals surface area contributed by atoms with Crippen LogP contribution in [0.2, 0.25) is 0 Å². The highest BCUT2D eigenvalue weighted by Crippen LogP contribution is 2.37. The van der Waals surface area contributed by atoms with Crippen LogP contribution in [-0.4, -0.2) is 33.7 Å². The molecule has 0 aliphatic heterocycles. The topological polar surface area (TPSA) is 86.4 Å². The summed E-state index contributed by atoms with van der Waals surface area (Å²) < 4.78 is 10.6. The Bertz CT molecular complexity index is 4280. The zero-order valence-electron chi connectivity index (χ0n) is 45.1. The van der Waals surface area contributed by atoms with Crippen molar-refractivity contribution in [2.45, 2.75) is 91.9 Å². The molecule has 0 aliphatic rings. The van der Waals surface area contributed by atoms with Crippen molar-refractivity contribution in [1.82, 2.24) is 33.7 Å². The second kappa shape index (κ2) is 18.5. The number of furan rings is 1. The SMILES string of the molecule is Cc1cn2c(C(C)(C)C)nc3cc(CCc4cc(CCc5ccc6c(c5)nc(C(C)(C)C)n5cc(C)nc65)cc(-c5ccccc5-c5ccc(-c6cccc(-c7ccc8c(c7)oc7ccccc78)c6)nc5)c4)ccc3c2n1. The van der Waals surface area contributed by atoms with Crippen LogP contribution in [0.4, 0.5) is 0 Å². The molecule has 0 atom stereocenters. The summed E-state index contributed by atoms with van der Waals surface area (Å²) in [4.78, 5) is 25.6. The molecular weight excluding hydrogens is 943 g/mol. The van der Waals surface area contributed by atoms with Crippen molar-refractivity contribution in [1.29, 1.82) is 0 Å². The van der Waals surface area contributed by atoms with Crippen LogP contribution in [0.25, 0.3) is 99.7 Å². The van der Waals surface area contributed by atoms with Gasteiger partial charge < -0.3 is 4.42 Å². The van der Waals surface area contributed by atoms with Crippen molar-refractivity contribution < 1.29 is 4.42 Å². The fourth-order valence-electron chi connectivity index (χ4n) is 11.4. The Kier molecular flexibility index (Phi) is 11.5. The number of para-hydroxylation sites is 1. The highest BCUT2D eigenvalue weighted by molar-refractivity contribution is 6.06. The van der Waals surface area contributed by atoms with E-state index in [1.807, 2.05) is 18.3 Å². The smallest absolute Gasteiger partial charge is 0.147 e. The van der Waals surface area contributed by atoms with Gasteiger partial charge in [-0.3, -0.25) is 13.8 Å². The fraction of sp³-hybridized carbons (Fsp3) is 0.203. The second-order valence-corrected chi connectivity index (χ2v) is 23.1. The van der Waals surface area contributed by atoms with E-state index in [1.54, 1.807) is 0 Å². The van der Waals surface area contributed by atoms with Crippen molar-refractivity contribution in [2.24, 2.45) is 0 Å². The van der Waals surface area contributed by atoms with E-state index in [0.29, 0.717) is 0 Å². The molecule has 0 saturated heterocycles. The molecule has 13 aromatic rings. The van der Waals surface area contributed by atoms with E-state index in [9.17, 15) is 0 Å². The molecule has 0 bridgehead atoms. The van der Waals surface area contributed by atoms with Crippen molar-refractivity contribution in [2.75, 3.05) is 0 Å². The van der Waals surface area contributed by atoms with Gasteiger partial charge >= 0.3 is 0 Å². The summed E-state index contributed by atoms with van der Waals surface area (Å²) >= 11 is 0. The van der Waals surface area contributed by atoms with E-state index in [2.05, 4.69) is 222 Å². The van der Waals surface area contributed by atoms with Gasteiger partial charge in [0.1, 0.15) is 34.1 Å². The molecule has 8 nitrogen and oxygen atoms in total. The van der Waals surface area contributed by atoms with E-state index in [4.69, 9.17) is 29.3 Å². The summed E-state index contributed by atoms with van der Waals surface area (Å²) in [7, 11) is 0. The molecule has 0 unspecified atom stereocenters. The Morgan fingerprint density at radius 3 is 1.52 bits per heavy atom. The van der Waals surface area contributed by atoms with Gasteiger partial charge in [0.15, 0.2) is 0 Å². The molecule has 13 rings (SSSR count). The number of nitrogens with zero attached hydrogens (tertiary/aromatic N) is 7. The van der Waals surface area contributed by atoms with Crippen LogP contribution in [0.1, 0.15) is 86.8 Å². The zero-order valence-corrected chi connectivity index (χ0v) is 45.1. The number of aryl methyl sites for hydroxylation is 6. The predicted molar refractivity (Wildman–Crippen MR) is 316 cm³/mol. The average molecular weight is 1000 g/mol. The monoisotopic (exact) mass is 1000 g/mol. The maximum atomic E-state index is 6.25. The average Bonchev–Trinajstić information content (AvgIpc) is 4.17. The molecule has 0 radical (unpaired) electrons. The van der Waals surface area contributed by atoms with Crippen LogP contribution in [0.15, 0.2) is 181 Å². The summed E-state index contributed by atoms with van der Waals surface area (Å²) in [6.45, 7) is 17.4. The van der Waals surface area contributed by atoms with E-state index in [1.165, 1.54) is 33.4 Å². The van der Waals surface area contributed by atoms with Gasteiger partial charge in [-0.2, -0.15) is 0 Å². The maximum Gasteiger partial charge on any atom is 0.147 e.